The van der Waals surface area contributed by atoms with E-state index < -0.39 is 24.1 Å². The third kappa shape index (κ3) is 11.2. The van der Waals surface area contributed by atoms with Gasteiger partial charge in [-0.3, -0.25) is 14.4 Å². The van der Waals surface area contributed by atoms with E-state index >= 15 is 0 Å². The van der Waals surface area contributed by atoms with Crippen LogP contribution in [0.15, 0.2) is 0 Å². The van der Waals surface area contributed by atoms with E-state index in [1.54, 1.807) is 0 Å². The molecule has 0 aromatic heterocycles. The number of hydrogen-bond donors (Lipinski definition) is 5. The summed E-state index contributed by atoms with van der Waals surface area (Å²) in [5.74, 6) is -0.582. The first-order chi connectivity index (χ1) is 14.3. The molecule has 0 aromatic carbocycles. The van der Waals surface area contributed by atoms with E-state index in [0.29, 0.717) is 13.0 Å². The summed E-state index contributed by atoms with van der Waals surface area (Å²) in [7, 11) is 0. The molecule has 30 heavy (non-hydrogen) atoms. The summed E-state index contributed by atoms with van der Waals surface area (Å²) < 4.78 is 0. The molecule has 4 N–H and O–H groups in total. The predicted octanol–water partition coefficient (Wildman–Crippen LogP) is 2.32. The van der Waals surface area contributed by atoms with E-state index in [0.717, 1.165) is 38.5 Å². The van der Waals surface area contributed by atoms with E-state index in [9.17, 15) is 19.5 Å². The van der Waals surface area contributed by atoms with Gasteiger partial charge in [0.15, 0.2) is 0 Å². The predicted molar refractivity (Wildman–Crippen MR) is 122 cm³/mol. The number of aliphatic hydroxyl groups excluding tert-OH is 1. The number of nitrogens with one attached hydrogen (secondary N) is 3. The van der Waals surface area contributed by atoms with Crippen LogP contribution < -0.4 is 16.0 Å². The van der Waals surface area contributed by atoms with Gasteiger partial charge in [0.1, 0.15) is 6.04 Å². The number of carbonyl (C=O) groups excluding carboxylic acids is 3. The summed E-state index contributed by atoms with van der Waals surface area (Å²) in [5.41, 5.74) is 0. The maximum absolute atomic E-state index is 12.5. The van der Waals surface area contributed by atoms with Crippen LogP contribution >= 0.6 is 12.6 Å². The fourth-order valence-corrected chi connectivity index (χ4v) is 3.95. The molecule has 3 amide bonds. The van der Waals surface area contributed by atoms with Crippen LogP contribution in [-0.2, 0) is 14.4 Å². The Morgan fingerprint density at radius 1 is 0.900 bits per heavy atom. The van der Waals surface area contributed by atoms with E-state index in [4.69, 9.17) is 0 Å². The SMILES string of the molecule is CC(C)[C@@H]1NC(=O)C[C@H](O)[C@H](CS)NC(=O)CCCCCCCCCCCNC1=O. The van der Waals surface area contributed by atoms with E-state index in [-0.39, 0.29) is 29.9 Å². The second kappa shape index (κ2) is 15.5. The topological polar surface area (TPSA) is 108 Å². The van der Waals surface area contributed by atoms with Crippen LogP contribution in [0.5, 0.6) is 0 Å². The summed E-state index contributed by atoms with van der Waals surface area (Å²) >= 11 is 4.21. The Hall–Kier alpha value is -1.28. The van der Waals surface area contributed by atoms with E-state index in [1.807, 2.05) is 13.8 Å². The van der Waals surface area contributed by atoms with Crippen LogP contribution in [0.3, 0.4) is 0 Å². The third-order valence-corrected chi connectivity index (χ3v) is 5.94. The van der Waals surface area contributed by atoms with Crippen molar-refractivity contribution < 1.29 is 19.5 Å². The molecule has 0 spiro atoms. The Labute approximate surface area is 186 Å². The average Bonchev–Trinajstić information content (AvgIpc) is 2.69. The lowest BCUT2D eigenvalue weighted by molar-refractivity contribution is -0.131. The third-order valence-electron chi connectivity index (χ3n) is 5.55. The fraction of sp³-hybridized carbons (Fsp3) is 0.864. The lowest BCUT2D eigenvalue weighted by Gasteiger charge is -2.25. The molecular formula is C22H41N3O4S. The number of amides is 3. The maximum atomic E-state index is 12.5. The standard InChI is InChI=1S/C22H41N3O4S/c1-16(2)21-22(29)23-13-11-9-7-5-3-4-6-8-10-12-19(27)24-17(15-30)18(26)14-20(28)25-21/h16-18,21,26,30H,3-15H2,1-2H3,(H,23,29)(H,24,27)(H,25,28)/t17-,18-,21-/m0/s1. The molecule has 0 unspecified atom stereocenters. The van der Waals surface area contributed by atoms with Crippen molar-refractivity contribution in [3.63, 3.8) is 0 Å². The van der Waals surface area contributed by atoms with Crippen molar-refractivity contribution in [1.29, 1.82) is 0 Å². The normalized spacial score (nSPS) is 27.5. The molecule has 0 saturated carbocycles. The van der Waals surface area contributed by atoms with Crippen LogP contribution in [0.2, 0.25) is 0 Å². The van der Waals surface area contributed by atoms with Crippen molar-refractivity contribution in [2.24, 2.45) is 5.92 Å². The first-order valence-electron chi connectivity index (χ1n) is 11.5. The minimum atomic E-state index is -1.06. The minimum absolute atomic E-state index is 0.0759. The number of aliphatic hydroxyl groups is 1. The van der Waals surface area contributed by atoms with Crippen molar-refractivity contribution in [3.8, 4) is 0 Å². The Balaban J connectivity index is 2.72. The smallest absolute Gasteiger partial charge is 0.242 e. The van der Waals surface area contributed by atoms with Gasteiger partial charge in [-0.25, -0.2) is 0 Å². The molecule has 0 aliphatic carbocycles. The van der Waals surface area contributed by atoms with Crippen LogP contribution in [0.25, 0.3) is 0 Å². The van der Waals surface area contributed by atoms with Gasteiger partial charge in [-0.2, -0.15) is 12.6 Å². The van der Waals surface area contributed by atoms with Crippen LogP contribution in [0.4, 0.5) is 0 Å². The summed E-state index contributed by atoms with van der Waals surface area (Å²) in [4.78, 5) is 37.1. The lowest BCUT2D eigenvalue weighted by Crippen LogP contribution is -2.52. The monoisotopic (exact) mass is 443 g/mol. The Morgan fingerprint density at radius 3 is 2.03 bits per heavy atom. The highest BCUT2D eigenvalue weighted by Gasteiger charge is 2.27. The van der Waals surface area contributed by atoms with Crippen molar-refractivity contribution in [2.75, 3.05) is 12.3 Å². The highest BCUT2D eigenvalue weighted by molar-refractivity contribution is 7.80. The molecule has 0 bridgehead atoms. The molecule has 1 rings (SSSR count). The quantitative estimate of drug-likeness (QED) is 0.422. The van der Waals surface area contributed by atoms with Gasteiger partial charge >= 0.3 is 0 Å². The first kappa shape index (κ1) is 26.8. The molecule has 0 radical (unpaired) electrons. The Bertz CT molecular complexity index is 531. The lowest BCUT2D eigenvalue weighted by atomic mass is 10.0. The molecule has 1 aliphatic heterocycles. The highest BCUT2D eigenvalue weighted by atomic mass is 32.1. The Morgan fingerprint density at radius 2 is 1.47 bits per heavy atom. The summed E-state index contributed by atoms with van der Waals surface area (Å²) in [6.45, 7) is 4.35. The summed E-state index contributed by atoms with van der Waals surface area (Å²) in [6.07, 6.45) is 8.88. The van der Waals surface area contributed by atoms with Crippen LogP contribution in [0.1, 0.15) is 84.5 Å². The molecule has 8 heteroatoms. The van der Waals surface area contributed by atoms with Gasteiger partial charge in [-0.15, -0.1) is 0 Å². The second-order valence-corrected chi connectivity index (χ2v) is 9.01. The molecule has 1 aliphatic rings. The molecule has 3 atom stereocenters. The van der Waals surface area contributed by atoms with E-state index in [2.05, 4.69) is 28.6 Å². The maximum Gasteiger partial charge on any atom is 0.242 e. The van der Waals surface area contributed by atoms with E-state index in [1.165, 1.54) is 19.3 Å². The van der Waals surface area contributed by atoms with Gasteiger partial charge in [-0.1, -0.05) is 58.8 Å². The van der Waals surface area contributed by atoms with Gasteiger partial charge < -0.3 is 21.1 Å². The van der Waals surface area contributed by atoms with Crippen LogP contribution in [0, 0.1) is 5.92 Å². The largest absolute Gasteiger partial charge is 0.390 e. The number of carbonyl (C=O) groups is 3. The van der Waals surface area contributed by atoms with Gasteiger partial charge in [0.05, 0.1) is 18.6 Å². The summed E-state index contributed by atoms with van der Waals surface area (Å²) in [6, 6.07) is -1.25. The zero-order valence-corrected chi connectivity index (χ0v) is 19.5. The molecule has 0 aromatic rings. The number of hydrogen-bond acceptors (Lipinski definition) is 5. The van der Waals surface area contributed by atoms with Gasteiger partial charge in [0.25, 0.3) is 0 Å². The fourth-order valence-electron chi connectivity index (χ4n) is 3.61. The number of thiol groups is 1. The molecule has 174 valence electrons. The number of rotatable bonds is 2. The summed E-state index contributed by atoms with van der Waals surface area (Å²) in [5, 5.41) is 18.9. The minimum Gasteiger partial charge on any atom is -0.390 e. The van der Waals surface area contributed by atoms with Crippen LogP contribution in [-0.4, -0.2) is 53.3 Å². The Kier molecular flexibility index (Phi) is 13.8. The average molecular weight is 444 g/mol. The molecular weight excluding hydrogens is 402 g/mol. The van der Waals surface area contributed by atoms with Crippen molar-refractivity contribution >= 4 is 30.4 Å². The molecule has 1 fully saturated rings. The van der Waals surface area contributed by atoms with Crippen molar-refractivity contribution in [1.82, 2.24) is 16.0 Å². The highest BCUT2D eigenvalue weighted by Crippen LogP contribution is 2.12. The second-order valence-electron chi connectivity index (χ2n) is 8.64. The molecule has 7 nitrogen and oxygen atoms in total. The zero-order chi connectivity index (χ0) is 22.4. The molecule has 1 heterocycles. The first-order valence-corrected chi connectivity index (χ1v) is 12.1. The van der Waals surface area contributed by atoms with Crippen molar-refractivity contribution in [2.45, 2.75) is 103 Å². The van der Waals surface area contributed by atoms with Gasteiger partial charge in [0, 0.05) is 18.7 Å². The zero-order valence-electron chi connectivity index (χ0n) is 18.6. The van der Waals surface area contributed by atoms with Gasteiger partial charge in [-0.05, 0) is 18.8 Å². The molecule has 1 saturated heterocycles. The van der Waals surface area contributed by atoms with Gasteiger partial charge in [0.2, 0.25) is 17.7 Å². The van der Waals surface area contributed by atoms with Crippen molar-refractivity contribution in [3.05, 3.63) is 0 Å².